The van der Waals surface area contributed by atoms with E-state index in [1.807, 2.05) is 31.4 Å². The lowest BCUT2D eigenvalue weighted by molar-refractivity contribution is -0.140. The van der Waals surface area contributed by atoms with Gasteiger partial charge in [0.25, 0.3) is 0 Å². The number of hydrogen-bond acceptors (Lipinski definition) is 3. The normalized spacial score (nSPS) is 11.9. The monoisotopic (exact) mass is 281 g/mol. The first-order valence-corrected chi connectivity index (χ1v) is 7.45. The summed E-state index contributed by atoms with van der Waals surface area (Å²) in [6, 6.07) is 6.52. The van der Waals surface area contributed by atoms with E-state index in [1.54, 1.807) is 17.8 Å². The average Bonchev–Trinajstić information content (AvgIpc) is 2.35. The number of rotatable bonds is 6. The van der Waals surface area contributed by atoms with Crippen LogP contribution in [-0.4, -0.2) is 35.0 Å². The zero-order chi connectivity index (χ0) is 14.4. The molecule has 0 bridgehead atoms. The highest BCUT2D eigenvalue weighted by molar-refractivity contribution is 7.98. The molecule has 0 fully saturated rings. The third kappa shape index (κ3) is 3.99. The molecule has 0 unspecified atom stereocenters. The van der Waals surface area contributed by atoms with Crippen molar-refractivity contribution >= 4 is 29.3 Å². The van der Waals surface area contributed by atoms with Gasteiger partial charge in [-0.25, -0.2) is 4.79 Å². The lowest BCUT2D eigenvalue weighted by Gasteiger charge is -2.29. The summed E-state index contributed by atoms with van der Waals surface area (Å²) in [4.78, 5) is 24.7. The Kier molecular flexibility index (Phi) is 5.89. The predicted octanol–water partition coefficient (Wildman–Crippen LogP) is 2.55. The summed E-state index contributed by atoms with van der Waals surface area (Å²) in [7, 11) is 0. The van der Waals surface area contributed by atoms with Crippen LogP contribution in [0.1, 0.15) is 18.9 Å². The molecule has 0 heterocycles. The highest BCUT2D eigenvalue weighted by Gasteiger charge is 2.29. The Labute approximate surface area is 117 Å². The largest absolute Gasteiger partial charge is 0.480 e. The van der Waals surface area contributed by atoms with E-state index in [-0.39, 0.29) is 5.91 Å². The molecule has 0 spiro atoms. The van der Waals surface area contributed by atoms with Crippen LogP contribution in [0.5, 0.6) is 0 Å². The van der Waals surface area contributed by atoms with E-state index in [2.05, 4.69) is 0 Å². The molecule has 0 aliphatic carbocycles. The quantitative estimate of drug-likeness (QED) is 0.870. The third-order valence-electron chi connectivity index (χ3n) is 2.91. The average molecular weight is 281 g/mol. The van der Waals surface area contributed by atoms with Gasteiger partial charge in [-0.15, -0.1) is 0 Å². The van der Waals surface area contributed by atoms with Crippen LogP contribution < -0.4 is 4.90 Å². The molecule has 1 aromatic rings. The Bertz CT molecular complexity index is 462. The maximum atomic E-state index is 11.9. The van der Waals surface area contributed by atoms with Crippen LogP contribution in [0, 0.1) is 6.92 Å². The number of para-hydroxylation sites is 1. The number of carbonyl (C=O) groups is 2. The smallest absolute Gasteiger partial charge is 0.326 e. The standard InChI is InChI=1S/C14H19NO3S/c1-10-6-4-5-7-12(10)15(11(2)16)13(14(17)18)8-9-19-3/h4-7,13H,8-9H2,1-3H3,(H,17,18)/t13-/m0/s1. The van der Waals surface area contributed by atoms with Crippen molar-refractivity contribution in [1.82, 2.24) is 0 Å². The van der Waals surface area contributed by atoms with E-state index in [4.69, 9.17) is 0 Å². The van der Waals surface area contributed by atoms with Gasteiger partial charge in [0.15, 0.2) is 0 Å². The molecule has 1 N–H and O–H groups in total. The first kappa shape index (κ1) is 15.6. The number of anilines is 1. The molecular weight excluding hydrogens is 262 g/mol. The van der Waals surface area contributed by atoms with Crippen molar-refractivity contribution in [3.63, 3.8) is 0 Å². The number of hydrogen-bond donors (Lipinski definition) is 1. The van der Waals surface area contributed by atoms with Gasteiger partial charge in [0.05, 0.1) is 0 Å². The minimum Gasteiger partial charge on any atom is -0.480 e. The van der Waals surface area contributed by atoms with E-state index in [9.17, 15) is 14.7 Å². The molecule has 104 valence electrons. The molecule has 0 aliphatic heterocycles. The summed E-state index contributed by atoms with van der Waals surface area (Å²) in [5.41, 5.74) is 1.57. The molecular formula is C14H19NO3S. The number of aryl methyl sites for hydroxylation is 1. The van der Waals surface area contributed by atoms with E-state index >= 15 is 0 Å². The van der Waals surface area contributed by atoms with Crippen LogP contribution in [0.2, 0.25) is 0 Å². The van der Waals surface area contributed by atoms with E-state index in [0.29, 0.717) is 17.9 Å². The van der Waals surface area contributed by atoms with Crippen LogP contribution in [0.25, 0.3) is 0 Å². The summed E-state index contributed by atoms with van der Waals surface area (Å²) >= 11 is 1.57. The van der Waals surface area contributed by atoms with Crippen LogP contribution in [0.3, 0.4) is 0 Å². The fraction of sp³-hybridized carbons (Fsp3) is 0.429. The predicted molar refractivity (Wildman–Crippen MR) is 78.8 cm³/mol. The minimum absolute atomic E-state index is 0.247. The zero-order valence-corrected chi connectivity index (χ0v) is 12.2. The Morgan fingerprint density at radius 3 is 2.47 bits per heavy atom. The van der Waals surface area contributed by atoms with Gasteiger partial charge in [-0.05, 0) is 37.0 Å². The Morgan fingerprint density at radius 2 is 2.00 bits per heavy atom. The van der Waals surface area contributed by atoms with Crippen molar-refractivity contribution in [2.75, 3.05) is 16.9 Å². The van der Waals surface area contributed by atoms with Crippen LogP contribution in [-0.2, 0) is 9.59 Å². The molecule has 4 nitrogen and oxygen atoms in total. The molecule has 5 heteroatoms. The molecule has 0 aliphatic rings. The summed E-state index contributed by atoms with van der Waals surface area (Å²) in [5, 5.41) is 9.37. The lowest BCUT2D eigenvalue weighted by Crippen LogP contribution is -2.45. The Hall–Kier alpha value is -1.49. The first-order chi connectivity index (χ1) is 8.99. The Morgan fingerprint density at radius 1 is 1.37 bits per heavy atom. The second kappa shape index (κ2) is 7.19. The highest BCUT2D eigenvalue weighted by Crippen LogP contribution is 2.24. The molecule has 0 radical (unpaired) electrons. The fourth-order valence-electron chi connectivity index (χ4n) is 1.98. The topological polar surface area (TPSA) is 57.6 Å². The highest BCUT2D eigenvalue weighted by atomic mass is 32.2. The zero-order valence-electron chi connectivity index (χ0n) is 11.4. The maximum absolute atomic E-state index is 11.9. The van der Waals surface area contributed by atoms with Crippen molar-refractivity contribution in [2.24, 2.45) is 0 Å². The molecule has 1 atom stereocenters. The number of amides is 1. The molecule has 0 aromatic heterocycles. The maximum Gasteiger partial charge on any atom is 0.326 e. The second-order valence-corrected chi connectivity index (χ2v) is 5.30. The van der Waals surface area contributed by atoms with Gasteiger partial charge in [-0.2, -0.15) is 11.8 Å². The van der Waals surface area contributed by atoms with Crippen molar-refractivity contribution < 1.29 is 14.7 Å². The van der Waals surface area contributed by atoms with Gasteiger partial charge in [0.2, 0.25) is 5.91 Å². The molecule has 1 rings (SSSR count). The summed E-state index contributed by atoms with van der Waals surface area (Å²) in [6.45, 7) is 3.28. The Balaban J connectivity index is 3.14. The van der Waals surface area contributed by atoms with Crippen LogP contribution in [0.4, 0.5) is 5.69 Å². The van der Waals surface area contributed by atoms with E-state index < -0.39 is 12.0 Å². The SMILES string of the molecule is CSCC[C@@H](C(=O)O)N(C(C)=O)c1ccccc1C. The van der Waals surface area contributed by atoms with Gasteiger partial charge in [-0.1, -0.05) is 18.2 Å². The molecule has 19 heavy (non-hydrogen) atoms. The number of aliphatic carboxylic acids is 1. The number of carboxylic acid groups (broad SMARTS) is 1. The number of thioether (sulfide) groups is 1. The number of benzene rings is 1. The summed E-state index contributed by atoms with van der Waals surface area (Å²) < 4.78 is 0. The van der Waals surface area contributed by atoms with Crippen molar-refractivity contribution in [1.29, 1.82) is 0 Å². The van der Waals surface area contributed by atoms with Crippen molar-refractivity contribution in [3.05, 3.63) is 29.8 Å². The minimum atomic E-state index is -0.965. The molecule has 0 saturated heterocycles. The second-order valence-electron chi connectivity index (χ2n) is 4.31. The summed E-state index contributed by atoms with van der Waals surface area (Å²) in [6.07, 6.45) is 2.36. The van der Waals surface area contributed by atoms with Gasteiger partial charge >= 0.3 is 5.97 Å². The lowest BCUT2D eigenvalue weighted by atomic mass is 10.1. The van der Waals surface area contributed by atoms with Crippen LogP contribution in [0.15, 0.2) is 24.3 Å². The van der Waals surface area contributed by atoms with Gasteiger partial charge in [-0.3, -0.25) is 9.69 Å². The number of nitrogens with zero attached hydrogens (tertiary/aromatic N) is 1. The van der Waals surface area contributed by atoms with Gasteiger partial charge in [0, 0.05) is 12.6 Å². The van der Waals surface area contributed by atoms with E-state index in [1.165, 1.54) is 11.8 Å². The molecule has 1 amide bonds. The van der Waals surface area contributed by atoms with Crippen LogP contribution >= 0.6 is 11.8 Å². The molecule has 1 aromatic carbocycles. The van der Waals surface area contributed by atoms with Gasteiger partial charge in [0.1, 0.15) is 6.04 Å². The summed E-state index contributed by atoms with van der Waals surface area (Å²) in [5.74, 6) is -0.512. The number of carbonyl (C=O) groups excluding carboxylic acids is 1. The third-order valence-corrected chi connectivity index (χ3v) is 3.55. The molecule has 0 saturated carbocycles. The fourth-order valence-corrected chi connectivity index (χ4v) is 2.44. The van der Waals surface area contributed by atoms with Crippen molar-refractivity contribution in [2.45, 2.75) is 26.3 Å². The first-order valence-electron chi connectivity index (χ1n) is 6.06. The van der Waals surface area contributed by atoms with Crippen molar-refractivity contribution in [3.8, 4) is 0 Å². The van der Waals surface area contributed by atoms with E-state index in [0.717, 1.165) is 5.56 Å². The number of carboxylic acids is 1. The van der Waals surface area contributed by atoms with Gasteiger partial charge < -0.3 is 5.11 Å².